The van der Waals surface area contributed by atoms with Gasteiger partial charge in [0.25, 0.3) is 0 Å². The van der Waals surface area contributed by atoms with Crippen molar-refractivity contribution in [3.8, 4) is 0 Å². The molecule has 0 aromatic carbocycles. The van der Waals surface area contributed by atoms with Gasteiger partial charge in [0.2, 0.25) is 0 Å². The van der Waals surface area contributed by atoms with Crippen LogP contribution in [-0.2, 0) is 37.5 Å². The summed E-state index contributed by atoms with van der Waals surface area (Å²) < 4.78 is 32.6. The number of carbonyl (C=O) groups excluding carboxylic acids is 2. The fourth-order valence-corrected chi connectivity index (χ4v) is 6.86. The molecule has 13 heteroatoms. The first-order valence-corrected chi connectivity index (χ1v) is 23.3. The molecule has 324 valence electrons. The van der Waals surface area contributed by atoms with Crippen LogP contribution in [0.15, 0.2) is 12.2 Å². The van der Waals surface area contributed by atoms with E-state index in [2.05, 4.69) is 30.5 Å². The smallest absolute Gasteiger partial charge is 0.472 e. The molecule has 4 atom stereocenters. The van der Waals surface area contributed by atoms with E-state index in [0.717, 1.165) is 64.2 Å². The Labute approximate surface area is 333 Å². The third-order valence-electron chi connectivity index (χ3n) is 9.59. The normalized spacial score (nSPS) is 14.4. The summed E-state index contributed by atoms with van der Waals surface area (Å²) in [5, 5.41) is 19.0. The lowest BCUT2D eigenvalue weighted by molar-refractivity contribution is -0.161. The number of allylic oxidation sites excluding steroid dienone is 1. The van der Waals surface area contributed by atoms with E-state index in [4.69, 9.17) is 24.8 Å². The number of carboxylic acid groups (broad SMARTS) is 1. The van der Waals surface area contributed by atoms with Gasteiger partial charge in [-0.2, -0.15) is 0 Å². The molecule has 12 nitrogen and oxygen atoms in total. The predicted octanol–water partition coefficient (Wildman–Crippen LogP) is 10.3. The average Bonchev–Trinajstić information content (AvgIpc) is 3.15. The van der Waals surface area contributed by atoms with Gasteiger partial charge in [-0.3, -0.25) is 23.4 Å². The summed E-state index contributed by atoms with van der Waals surface area (Å²) in [5.74, 6) is -2.43. The van der Waals surface area contributed by atoms with Crippen molar-refractivity contribution in [3.63, 3.8) is 0 Å². The Balaban J connectivity index is 4.39. The minimum Gasteiger partial charge on any atom is -0.480 e. The summed E-state index contributed by atoms with van der Waals surface area (Å²) in [4.78, 5) is 45.9. The van der Waals surface area contributed by atoms with Gasteiger partial charge < -0.3 is 30.3 Å². The predicted molar refractivity (Wildman–Crippen MR) is 219 cm³/mol. The lowest BCUT2D eigenvalue weighted by Gasteiger charge is -2.20. The first-order valence-electron chi connectivity index (χ1n) is 21.8. The molecule has 0 aliphatic carbocycles. The van der Waals surface area contributed by atoms with E-state index in [1.807, 2.05) is 0 Å². The standard InChI is InChI=1S/C42H80NO11P/c1-3-5-7-9-11-12-13-14-15-16-17-18-19-24-28-32-40(45)51-34-38(35-52-55(49,50)53-36-39(43)42(47)48)54-41(46)33-29-25-21-20-23-27-31-37(44)30-26-22-10-8-6-4-2/h22,26,37-39,44H,3-21,23-25,27-36,43H2,1-2H3,(H,47,48)(H,49,50)/b26-22+. The van der Waals surface area contributed by atoms with Crippen molar-refractivity contribution >= 4 is 25.7 Å². The molecule has 0 spiro atoms. The van der Waals surface area contributed by atoms with Crippen LogP contribution in [0.5, 0.6) is 0 Å². The average molecular weight is 806 g/mol. The third kappa shape index (κ3) is 37.5. The summed E-state index contributed by atoms with van der Waals surface area (Å²) in [7, 11) is -4.73. The number of carbonyl (C=O) groups is 3. The number of aliphatic carboxylic acids is 1. The van der Waals surface area contributed by atoms with E-state index in [1.165, 1.54) is 89.9 Å². The highest BCUT2D eigenvalue weighted by Crippen LogP contribution is 2.43. The monoisotopic (exact) mass is 806 g/mol. The Bertz CT molecular complexity index is 1010. The fourth-order valence-electron chi connectivity index (χ4n) is 6.08. The minimum atomic E-state index is -4.73. The van der Waals surface area contributed by atoms with Gasteiger partial charge in [0.15, 0.2) is 6.10 Å². The van der Waals surface area contributed by atoms with Crippen molar-refractivity contribution in [3.05, 3.63) is 12.2 Å². The van der Waals surface area contributed by atoms with Crippen molar-refractivity contribution in [2.75, 3.05) is 19.8 Å². The van der Waals surface area contributed by atoms with Crippen LogP contribution in [0.25, 0.3) is 0 Å². The van der Waals surface area contributed by atoms with Crippen LogP contribution >= 0.6 is 7.82 Å². The lowest BCUT2D eigenvalue weighted by Crippen LogP contribution is -2.34. The number of aliphatic hydroxyl groups is 1. The Morgan fingerprint density at radius 3 is 1.60 bits per heavy atom. The molecular formula is C42H80NO11P. The number of ether oxygens (including phenoxy) is 2. The van der Waals surface area contributed by atoms with Gasteiger partial charge in [-0.15, -0.1) is 0 Å². The van der Waals surface area contributed by atoms with Gasteiger partial charge in [0, 0.05) is 12.8 Å². The number of phosphoric acid groups is 1. The SMILES string of the molecule is CCCCC/C=C/CC(O)CCCCCCCCC(=O)OC(COC(=O)CCCCCCCCCCCCCCCCC)COP(=O)(O)OCC(N)C(=O)O. The summed E-state index contributed by atoms with van der Waals surface area (Å²) >= 11 is 0. The highest BCUT2D eigenvalue weighted by molar-refractivity contribution is 7.47. The summed E-state index contributed by atoms with van der Waals surface area (Å²) in [6, 6.07) is -1.53. The molecule has 0 heterocycles. The lowest BCUT2D eigenvalue weighted by atomic mass is 10.0. The molecular weight excluding hydrogens is 725 g/mol. The van der Waals surface area contributed by atoms with E-state index in [0.29, 0.717) is 19.3 Å². The Morgan fingerprint density at radius 1 is 0.618 bits per heavy atom. The third-order valence-corrected chi connectivity index (χ3v) is 10.5. The molecule has 5 N–H and O–H groups in total. The van der Waals surface area contributed by atoms with E-state index >= 15 is 0 Å². The van der Waals surface area contributed by atoms with Crippen LogP contribution in [0, 0.1) is 0 Å². The number of phosphoric ester groups is 1. The number of carboxylic acids is 1. The van der Waals surface area contributed by atoms with Crippen molar-refractivity contribution in [1.82, 2.24) is 0 Å². The number of esters is 2. The highest BCUT2D eigenvalue weighted by atomic mass is 31.2. The largest absolute Gasteiger partial charge is 0.480 e. The van der Waals surface area contributed by atoms with Gasteiger partial charge in [0.05, 0.1) is 19.3 Å². The van der Waals surface area contributed by atoms with Crippen LogP contribution in [0.2, 0.25) is 0 Å². The highest BCUT2D eigenvalue weighted by Gasteiger charge is 2.28. The summed E-state index contributed by atoms with van der Waals surface area (Å²) in [5.41, 5.74) is 5.33. The first kappa shape index (κ1) is 53.2. The van der Waals surface area contributed by atoms with Crippen molar-refractivity contribution in [2.45, 2.75) is 218 Å². The molecule has 0 saturated carbocycles. The van der Waals surface area contributed by atoms with E-state index in [1.54, 1.807) is 0 Å². The van der Waals surface area contributed by atoms with Crippen LogP contribution in [0.1, 0.15) is 200 Å². The molecule has 0 bridgehead atoms. The number of hydrogen-bond donors (Lipinski definition) is 4. The number of rotatable bonds is 41. The van der Waals surface area contributed by atoms with Crippen LogP contribution in [-0.4, -0.2) is 71.1 Å². The number of hydrogen-bond acceptors (Lipinski definition) is 10. The van der Waals surface area contributed by atoms with Gasteiger partial charge in [-0.1, -0.05) is 161 Å². The van der Waals surface area contributed by atoms with Crippen LogP contribution in [0.3, 0.4) is 0 Å². The van der Waals surface area contributed by atoms with E-state index in [-0.39, 0.29) is 25.6 Å². The molecule has 0 fully saturated rings. The second-order valence-electron chi connectivity index (χ2n) is 15.0. The fraction of sp³-hybridized carbons (Fsp3) is 0.881. The van der Waals surface area contributed by atoms with Crippen LogP contribution in [0.4, 0.5) is 0 Å². The van der Waals surface area contributed by atoms with E-state index in [9.17, 15) is 28.9 Å². The molecule has 0 radical (unpaired) electrons. The molecule has 55 heavy (non-hydrogen) atoms. The van der Waals surface area contributed by atoms with E-state index < -0.39 is 51.1 Å². The van der Waals surface area contributed by atoms with Gasteiger partial charge >= 0.3 is 25.7 Å². The minimum absolute atomic E-state index is 0.119. The van der Waals surface area contributed by atoms with Gasteiger partial charge in [-0.25, -0.2) is 4.57 Å². The maximum absolute atomic E-state index is 12.6. The molecule has 4 unspecified atom stereocenters. The maximum Gasteiger partial charge on any atom is 0.472 e. The summed E-state index contributed by atoms with van der Waals surface area (Å²) in [6.45, 7) is 2.70. The first-order chi connectivity index (χ1) is 26.5. The maximum atomic E-state index is 12.6. The molecule has 0 aromatic heterocycles. The zero-order valence-corrected chi connectivity index (χ0v) is 35.5. The molecule has 0 saturated heterocycles. The molecule has 0 aliphatic heterocycles. The zero-order chi connectivity index (χ0) is 40.8. The van der Waals surface area contributed by atoms with Crippen molar-refractivity contribution in [1.29, 1.82) is 0 Å². The Kier molecular flexibility index (Phi) is 36.5. The van der Waals surface area contributed by atoms with Gasteiger partial charge in [-0.05, 0) is 38.5 Å². The van der Waals surface area contributed by atoms with Crippen molar-refractivity contribution in [2.24, 2.45) is 5.73 Å². The topological polar surface area (TPSA) is 192 Å². The number of aliphatic hydroxyl groups excluding tert-OH is 1. The second kappa shape index (κ2) is 37.7. The molecule has 0 aromatic rings. The zero-order valence-electron chi connectivity index (χ0n) is 34.6. The summed E-state index contributed by atoms with van der Waals surface area (Å²) in [6.07, 6.45) is 32.8. The Morgan fingerprint density at radius 2 is 1.07 bits per heavy atom. The molecule has 0 aliphatic rings. The Hall–Kier alpha value is -1.82. The molecule has 0 amide bonds. The molecule has 0 rings (SSSR count). The van der Waals surface area contributed by atoms with Crippen molar-refractivity contribution < 1.29 is 52.6 Å². The van der Waals surface area contributed by atoms with Gasteiger partial charge in [0.1, 0.15) is 12.6 Å². The second-order valence-corrected chi connectivity index (χ2v) is 16.5. The number of nitrogens with two attached hydrogens (primary N) is 1. The quantitative estimate of drug-likeness (QED) is 0.0198. The number of unbranched alkanes of at least 4 members (excludes halogenated alkanes) is 22. The van der Waals surface area contributed by atoms with Crippen LogP contribution < -0.4 is 5.73 Å².